The maximum atomic E-state index is 6.09. The molecule has 1 spiro atoms. The number of ether oxygens (including phenoxy) is 2. The van der Waals surface area contributed by atoms with Gasteiger partial charge in [-0.3, -0.25) is 0 Å². The fourth-order valence-electron chi connectivity index (χ4n) is 6.49. The van der Waals surface area contributed by atoms with Crippen molar-refractivity contribution < 1.29 is 9.47 Å². The molecule has 3 heteroatoms. The Morgan fingerprint density at radius 1 is 1.10 bits per heavy atom. The molecule has 0 aromatic carbocycles. The van der Waals surface area contributed by atoms with Gasteiger partial charge in [-0.05, 0) is 0 Å². The average Bonchev–Trinajstić information content (AvgIpc) is 2.74. The third-order valence-corrected chi connectivity index (χ3v) is 15.3. The van der Waals surface area contributed by atoms with Crippen molar-refractivity contribution in [2.45, 2.75) is 88.5 Å². The molecule has 118 valence electrons. The van der Waals surface area contributed by atoms with Crippen molar-refractivity contribution >= 4 is 7.26 Å². The molecule has 0 amide bonds. The van der Waals surface area contributed by atoms with Crippen LogP contribution in [0.25, 0.3) is 0 Å². The molecule has 3 fully saturated rings. The van der Waals surface area contributed by atoms with Gasteiger partial charge in [-0.1, -0.05) is 0 Å². The van der Waals surface area contributed by atoms with E-state index in [9.17, 15) is 0 Å². The van der Waals surface area contributed by atoms with Gasteiger partial charge in [0.2, 0.25) is 0 Å². The molecule has 0 radical (unpaired) electrons. The summed E-state index contributed by atoms with van der Waals surface area (Å²) in [6.45, 7) is 14.3. The van der Waals surface area contributed by atoms with Crippen LogP contribution in [0.1, 0.15) is 66.7 Å². The summed E-state index contributed by atoms with van der Waals surface area (Å²) in [5.41, 5.74) is 0.944. The zero-order chi connectivity index (χ0) is 14.6. The van der Waals surface area contributed by atoms with Gasteiger partial charge in [0.25, 0.3) is 0 Å². The molecule has 2 atom stereocenters. The van der Waals surface area contributed by atoms with Crippen molar-refractivity contribution in [3.8, 4) is 0 Å². The molecule has 2 nitrogen and oxygen atoms in total. The maximum absolute atomic E-state index is 6.09. The summed E-state index contributed by atoms with van der Waals surface area (Å²) < 4.78 is 12.2. The van der Waals surface area contributed by atoms with Crippen molar-refractivity contribution in [2.24, 2.45) is 0 Å². The molecule has 0 aliphatic carbocycles. The molecular weight excluding hydrogens is 267 g/mol. The predicted molar refractivity (Wildman–Crippen MR) is 88.5 cm³/mol. The van der Waals surface area contributed by atoms with Crippen LogP contribution in [0.5, 0.6) is 0 Å². The number of hydrogen-bond donors (Lipinski definition) is 0. The van der Waals surface area contributed by atoms with Gasteiger partial charge in [0, 0.05) is 0 Å². The van der Waals surface area contributed by atoms with E-state index in [0.29, 0.717) is 10.3 Å². The third kappa shape index (κ3) is 1.94. The normalized spacial score (nSPS) is 41.4. The third-order valence-electron chi connectivity index (χ3n) is 7.00. The predicted octanol–water partition coefficient (Wildman–Crippen LogP) is 4.40. The first kappa shape index (κ1) is 15.3. The van der Waals surface area contributed by atoms with E-state index >= 15 is 0 Å². The molecule has 2 unspecified atom stereocenters. The van der Waals surface area contributed by atoms with E-state index in [4.69, 9.17) is 9.47 Å². The molecule has 0 aromatic rings. The molecule has 3 saturated heterocycles. The van der Waals surface area contributed by atoms with Crippen LogP contribution < -0.4 is 0 Å². The van der Waals surface area contributed by atoms with Gasteiger partial charge in [0.1, 0.15) is 0 Å². The van der Waals surface area contributed by atoms with Gasteiger partial charge in [-0.15, -0.1) is 0 Å². The van der Waals surface area contributed by atoms with Gasteiger partial charge in [0.05, 0.1) is 0 Å². The minimum atomic E-state index is -1.38. The van der Waals surface area contributed by atoms with Crippen molar-refractivity contribution in [3.63, 3.8) is 0 Å². The molecule has 0 N–H and O–H groups in total. The van der Waals surface area contributed by atoms with E-state index in [1.54, 1.807) is 0 Å². The first-order valence-corrected chi connectivity index (χ1v) is 10.8. The molecule has 3 heterocycles. The summed E-state index contributed by atoms with van der Waals surface area (Å²) in [6, 6.07) is 0. The Morgan fingerprint density at radius 3 is 2.35 bits per heavy atom. The van der Waals surface area contributed by atoms with Crippen LogP contribution in [0.4, 0.5) is 0 Å². The summed E-state index contributed by atoms with van der Waals surface area (Å²) in [7, 11) is -1.38. The molecule has 20 heavy (non-hydrogen) atoms. The van der Waals surface area contributed by atoms with Gasteiger partial charge in [-0.2, -0.15) is 0 Å². The molecular formula is C17H33O2P. The molecule has 3 aliphatic rings. The zero-order valence-electron chi connectivity index (χ0n) is 14.1. The standard InChI is InChI=1S/C17H33O2P/c1-14-7-6-8-16(5)13-17(18-10-11-19-17)9-12-20(14,16)15(2,3)4/h14,20H,6-13H2,1-5H3. The van der Waals surface area contributed by atoms with Crippen LogP contribution >= 0.6 is 7.26 Å². The van der Waals surface area contributed by atoms with Crippen molar-refractivity contribution in [3.05, 3.63) is 0 Å². The van der Waals surface area contributed by atoms with Crippen molar-refractivity contribution in [1.82, 2.24) is 0 Å². The van der Waals surface area contributed by atoms with Gasteiger partial charge in [0.15, 0.2) is 0 Å². The first-order chi connectivity index (χ1) is 9.25. The second-order valence-corrected chi connectivity index (χ2v) is 15.0. The molecule has 0 saturated carbocycles. The van der Waals surface area contributed by atoms with E-state index in [1.165, 1.54) is 25.4 Å². The molecule has 3 rings (SSSR count). The Kier molecular flexibility index (Phi) is 3.56. The van der Waals surface area contributed by atoms with Crippen LogP contribution in [-0.2, 0) is 9.47 Å². The zero-order valence-corrected chi connectivity index (χ0v) is 15.1. The van der Waals surface area contributed by atoms with Crippen LogP contribution in [0.3, 0.4) is 0 Å². The van der Waals surface area contributed by atoms with E-state index in [2.05, 4.69) is 34.6 Å². The van der Waals surface area contributed by atoms with E-state index in [-0.39, 0.29) is 5.79 Å². The van der Waals surface area contributed by atoms with Gasteiger partial charge >= 0.3 is 125 Å². The molecule has 3 aliphatic heterocycles. The van der Waals surface area contributed by atoms with Crippen molar-refractivity contribution in [2.75, 3.05) is 19.4 Å². The van der Waals surface area contributed by atoms with Crippen LogP contribution in [0, 0.1) is 0 Å². The summed E-state index contributed by atoms with van der Waals surface area (Å²) in [4.78, 5) is 0. The van der Waals surface area contributed by atoms with E-state index < -0.39 is 7.26 Å². The Bertz CT molecular complexity index is 383. The minimum absolute atomic E-state index is 0.215. The summed E-state index contributed by atoms with van der Waals surface area (Å²) in [6.07, 6.45) is 7.96. The van der Waals surface area contributed by atoms with Crippen LogP contribution in [0.15, 0.2) is 0 Å². The van der Waals surface area contributed by atoms with Gasteiger partial charge in [-0.25, -0.2) is 0 Å². The second kappa shape index (κ2) is 4.67. The fourth-order valence-corrected chi connectivity index (χ4v) is 15.5. The average molecular weight is 300 g/mol. The Hall–Kier alpha value is 0.350. The first-order valence-electron chi connectivity index (χ1n) is 8.53. The molecule has 0 aromatic heterocycles. The SMILES string of the molecule is CC1CCCC2(C)CC3(CC[PH]12C(C)(C)C)OCCO3. The Morgan fingerprint density at radius 2 is 1.75 bits per heavy atom. The van der Waals surface area contributed by atoms with E-state index in [0.717, 1.165) is 31.7 Å². The topological polar surface area (TPSA) is 18.5 Å². The molecule has 0 bridgehead atoms. The Labute approximate surface area is 125 Å². The monoisotopic (exact) mass is 300 g/mol. The quantitative estimate of drug-likeness (QED) is 0.617. The number of fused-ring (bicyclic) bond motifs is 1. The van der Waals surface area contributed by atoms with Gasteiger partial charge < -0.3 is 0 Å². The number of rotatable bonds is 0. The van der Waals surface area contributed by atoms with E-state index in [1.807, 2.05) is 0 Å². The summed E-state index contributed by atoms with van der Waals surface area (Å²) in [5.74, 6) is -0.215. The second-order valence-electron chi connectivity index (χ2n) is 8.86. The Balaban J connectivity index is 2.00. The number of hydrogen-bond acceptors (Lipinski definition) is 2. The van der Waals surface area contributed by atoms with Crippen LogP contribution in [-0.4, -0.2) is 41.1 Å². The van der Waals surface area contributed by atoms with Crippen molar-refractivity contribution in [1.29, 1.82) is 0 Å². The van der Waals surface area contributed by atoms with Crippen LogP contribution in [0.2, 0.25) is 0 Å². The summed E-state index contributed by atoms with van der Waals surface area (Å²) in [5, 5.41) is 0.979. The summed E-state index contributed by atoms with van der Waals surface area (Å²) >= 11 is 0. The fraction of sp³-hybridized carbons (Fsp3) is 1.00.